The van der Waals surface area contributed by atoms with Crippen LogP contribution in [0.1, 0.15) is 10.4 Å². The summed E-state index contributed by atoms with van der Waals surface area (Å²) in [4.78, 5) is 28.0. The van der Waals surface area contributed by atoms with Crippen molar-refractivity contribution in [2.24, 2.45) is 5.73 Å². The van der Waals surface area contributed by atoms with Gasteiger partial charge in [0.2, 0.25) is 5.91 Å². The Morgan fingerprint density at radius 2 is 1.93 bits per heavy atom. The quantitative estimate of drug-likeness (QED) is 0.551. The summed E-state index contributed by atoms with van der Waals surface area (Å²) in [6, 6.07) is 8.74. The lowest BCUT2D eigenvalue weighted by Crippen LogP contribution is -2.28. The van der Waals surface area contributed by atoms with Crippen LogP contribution in [0.3, 0.4) is 0 Å². The molecule has 0 aliphatic rings. The van der Waals surface area contributed by atoms with E-state index in [1.165, 1.54) is 6.20 Å². The number of nitrogens with two attached hydrogens (primary N) is 1. The Morgan fingerprint density at radius 3 is 2.62 bits per heavy atom. The summed E-state index contributed by atoms with van der Waals surface area (Å²) in [6.07, 6.45) is -1.89. The highest BCUT2D eigenvalue weighted by Crippen LogP contribution is 2.35. The number of carbonyl (C=O) groups is 2. The molecule has 0 saturated heterocycles. The van der Waals surface area contributed by atoms with Crippen LogP contribution in [-0.2, 0) is 0 Å². The highest BCUT2D eigenvalue weighted by Gasteiger charge is 2.33. The number of anilines is 2. The molecular formula is C18H13F3N4O3S. The minimum Gasteiger partial charge on any atom is -0.404 e. The molecule has 1 heterocycles. The fraction of sp³-hybridized carbons (Fsp3) is 0.0556. The van der Waals surface area contributed by atoms with E-state index in [0.29, 0.717) is 15.4 Å². The second-order valence-electron chi connectivity index (χ2n) is 5.74. The standard InChI is InChI=1S/C18H13F3N4O3S/c19-18(20,21)28-15-5-4-10(16(22)26)8-14(15)25(29)17(27)24-13-3-1-2-11-9-23-7-6-12(11)13/h1-9,29H,(H2,22,26)(H,24,27). The van der Waals surface area contributed by atoms with Crippen molar-refractivity contribution in [3.8, 4) is 5.75 Å². The number of amides is 3. The van der Waals surface area contributed by atoms with Gasteiger partial charge in [0, 0.05) is 28.7 Å². The predicted molar refractivity (Wildman–Crippen MR) is 104 cm³/mol. The molecule has 0 saturated carbocycles. The summed E-state index contributed by atoms with van der Waals surface area (Å²) >= 11 is 3.98. The molecule has 3 N–H and O–H groups in total. The molecule has 7 nitrogen and oxygen atoms in total. The molecule has 3 aromatic rings. The summed E-state index contributed by atoms with van der Waals surface area (Å²) in [5.41, 5.74) is 5.01. The fourth-order valence-corrected chi connectivity index (χ4v) is 2.76. The van der Waals surface area contributed by atoms with E-state index in [0.717, 1.165) is 23.6 Å². The maximum absolute atomic E-state index is 12.7. The number of pyridine rings is 1. The van der Waals surface area contributed by atoms with E-state index in [1.54, 1.807) is 30.5 Å². The Balaban J connectivity index is 1.95. The van der Waals surface area contributed by atoms with Gasteiger partial charge >= 0.3 is 12.4 Å². The number of hydrogen-bond donors (Lipinski definition) is 3. The van der Waals surface area contributed by atoms with Crippen molar-refractivity contribution >= 4 is 46.9 Å². The van der Waals surface area contributed by atoms with Crippen LogP contribution in [0.4, 0.5) is 29.3 Å². The Bertz CT molecular complexity index is 1090. The van der Waals surface area contributed by atoms with Crippen molar-refractivity contribution < 1.29 is 27.5 Å². The zero-order chi connectivity index (χ0) is 21.2. The number of urea groups is 1. The number of benzene rings is 2. The third-order valence-corrected chi connectivity index (χ3v) is 4.21. The maximum atomic E-state index is 12.7. The lowest BCUT2D eigenvalue weighted by Gasteiger charge is -2.21. The van der Waals surface area contributed by atoms with Crippen molar-refractivity contribution in [1.82, 2.24) is 4.98 Å². The monoisotopic (exact) mass is 422 g/mol. The van der Waals surface area contributed by atoms with E-state index in [-0.39, 0.29) is 5.56 Å². The number of carbonyl (C=O) groups excluding carboxylic acids is 2. The number of rotatable bonds is 4. The topological polar surface area (TPSA) is 97.6 Å². The van der Waals surface area contributed by atoms with Crippen LogP contribution in [0.5, 0.6) is 5.75 Å². The molecule has 2 aromatic carbocycles. The highest BCUT2D eigenvalue weighted by molar-refractivity contribution is 7.82. The molecule has 0 atom stereocenters. The summed E-state index contributed by atoms with van der Waals surface area (Å²) in [7, 11) is 0. The number of thiol groups is 1. The molecule has 0 spiro atoms. The lowest BCUT2D eigenvalue weighted by atomic mass is 10.1. The van der Waals surface area contributed by atoms with Crippen LogP contribution in [-0.4, -0.2) is 23.3 Å². The number of aromatic nitrogens is 1. The molecule has 0 aliphatic carbocycles. The number of fused-ring (bicyclic) bond motifs is 1. The van der Waals surface area contributed by atoms with Crippen molar-refractivity contribution in [3.05, 3.63) is 60.4 Å². The smallest absolute Gasteiger partial charge is 0.404 e. The summed E-state index contributed by atoms with van der Waals surface area (Å²) in [5, 5.41) is 3.96. The van der Waals surface area contributed by atoms with Crippen LogP contribution in [0, 0.1) is 0 Å². The number of ether oxygens (including phenoxy) is 1. The Kier molecular flexibility index (Phi) is 5.50. The molecule has 150 valence electrons. The van der Waals surface area contributed by atoms with Gasteiger partial charge in [-0.2, -0.15) is 0 Å². The molecule has 0 radical (unpaired) electrons. The van der Waals surface area contributed by atoms with Gasteiger partial charge in [-0.3, -0.25) is 9.78 Å². The largest absolute Gasteiger partial charge is 0.573 e. The molecular weight excluding hydrogens is 409 g/mol. The van der Waals surface area contributed by atoms with Crippen LogP contribution in [0.25, 0.3) is 10.8 Å². The second-order valence-corrected chi connectivity index (χ2v) is 6.14. The summed E-state index contributed by atoms with van der Waals surface area (Å²) in [5.74, 6) is -1.62. The number of hydrogen-bond acceptors (Lipinski definition) is 5. The Labute approximate surface area is 167 Å². The van der Waals surface area contributed by atoms with Crippen LogP contribution in [0.2, 0.25) is 0 Å². The van der Waals surface area contributed by atoms with Crippen LogP contribution < -0.4 is 20.1 Å². The molecule has 11 heteroatoms. The van der Waals surface area contributed by atoms with Gasteiger partial charge in [-0.1, -0.05) is 24.9 Å². The first-order chi connectivity index (χ1) is 13.7. The molecule has 1 aromatic heterocycles. The van der Waals surface area contributed by atoms with Gasteiger partial charge in [0.15, 0.2) is 5.75 Å². The third-order valence-electron chi connectivity index (χ3n) is 3.81. The number of primary amides is 1. The first-order valence-corrected chi connectivity index (χ1v) is 8.38. The van der Waals surface area contributed by atoms with E-state index in [2.05, 4.69) is 27.9 Å². The normalized spacial score (nSPS) is 11.2. The molecule has 0 aliphatic heterocycles. The van der Waals surface area contributed by atoms with E-state index in [4.69, 9.17) is 5.73 Å². The average molecular weight is 422 g/mol. The van der Waals surface area contributed by atoms with Gasteiger partial charge in [0.25, 0.3) is 0 Å². The first-order valence-electron chi connectivity index (χ1n) is 7.98. The molecule has 29 heavy (non-hydrogen) atoms. The van der Waals surface area contributed by atoms with E-state index in [9.17, 15) is 22.8 Å². The molecule has 0 fully saturated rings. The number of halogens is 3. The molecule has 0 unspecified atom stereocenters. The molecule has 3 rings (SSSR count). The van der Waals surface area contributed by atoms with E-state index >= 15 is 0 Å². The van der Waals surface area contributed by atoms with Gasteiger partial charge in [-0.15, -0.1) is 13.2 Å². The fourth-order valence-electron chi connectivity index (χ4n) is 2.56. The van der Waals surface area contributed by atoms with Crippen molar-refractivity contribution in [2.45, 2.75) is 6.36 Å². The zero-order valence-corrected chi connectivity index (χ0v) is 15.4. The second kappa shape index (κ2) is 7.87. The van der Waals surface area contributed by atoms with Crippen molar-refractivity contribution in [1.29, 1.82) is 0 Å². The summed E-state index contributed by atoms with van der Waals surface area (Å²) < 4.78 is 42.6. The van der Waals surface area contributed by atoms with Crippen LogP contribution >= 0.6 is 12.8 Å². The third kappa shape index (κ3) is 4.69. The van der Waals surface area contributed by atoms with Gasteiger partial charge in [0.05, 0.1) is 5.69 Å². The average Bonchev–Trinajstić information content (AvgIpc) is 2.66. The van der Waals surface area contributed by atoms with E-state index < -0.39 is 29.7 Å². The summed E-state index contributed by atoms with van der Waals surface area (Å²) in [6.45, 7) is 0. The SMILES string of the molecule is NC(=O)c1ccc(OC(F)(F)F)c(N(S)C(=O)Nc2cccc3cnccc23)c1. The predicted octanol–water partition coefficient (Wildman–Crippen LogP) is 4.12. The Hall–Kier alpha value is -3.47. The molecule has 0 bridgehead atoms. The minimum atomic E-state index is -5.02. The number of nitrogens with zero attached hydrogens (tertiary/aromatic N) is 2. The van der Waals surface area contributed by atoms with Gasteiger partial charge in [-0.05, 0) is 30.3 Å². The maximum Gasteiger partial charge on any atom is 0.573 e. The van der Waals surface area contributed by atoms with Gasteiger partial charge in [0.1, 0.15) is 5.69 Å². The highest BCUT2D eigenvalue weighted by atomic mass is 32.1. The Morgan fingerprint density at radius 1 is 1.17 bits per heavy atom. The zero-order valence-electron chi connectivity index (χ0n) is 14.5. The van der Waals surface area contributed by atoms with Gasteiger partial charge < -0.3 is 15.8 Å². The lowest BCUT2D eigenvalue weighted by molar-refractivity contribution is -0.274. The number of alkyl halides is 3. The first kappa shape index (κ1) is 20.3. The number of nitrogens with one attached hydrogen (secondary N) is 1. The van der Waals surface area contributed by atoms with Crippen LogP contribution in [0.15, 0.2) is 54.9 Å². The van der Waals surface area contributed by atoms with Crippen molar-refractivity contribution in [3.63, 3.8) is 0 Å². The minimum absolute atomic E-state index is 0.127. The van der Waals surface area contributed by atoms with Crippen molar-refractivity contribution in [2.75, 3.05) is 9.62 Å². The van der Waals surface area contributed by atoms with E-state index in [1.807, 2.05) is 0 Å². The molecule has 3 amide bonds. The van der Waals surface area contributed by atoms with Gasteiger partial charge in [-0.25, -0.2) is 9.10 Å².